The lowest BCUT2D eigenvalue weighted by Crippen LogP contribution is -2.41. The van der Waals surface area contributed by atoms with Crippen molar-refractivity contribution in [3.63, 3.8) is 0 Å². The fourth-order valence-electron chi connectivity index (χ4n) is 1.40. The number of hydrogen-bond acceptors (Lipinski definition) is 3. The van der Waals surface area contributed by atoms with Gasteiger partial charge in [0.2, 0.25) is 5.91 Å². The Hall–Kier alpha value is -1.91. The summed E-state index contributed by atoms with van der Waals surface area (Å²) >= 11 is 0. The van der Waals surface area contributed by atoms with Gasteiger partial charge in [-0.05, 0) is 25.0 Å². The minimum Gasteiger partial charge on any atom is -0.481 e. The van der Waals surface area contributed by atoms with Gasteiger partial charge in [0, 0.05) is 18.9 Å². The van der Waals surface area contributed by atoms with Crippen LogP contribution in [0.3, 0.4) is 0 Å². The molecule has 18 heavy (non-hydrogen) atoms. The minimum absolute atomic E-state index is 0.137. The zero-order valence-corrected chi connectivity index (χ0v) is 10.6. The summed E-state index contributed by atoms with van der Waals surface area (Å²) in [6.45, 7) is 3.55. The molecular formula is C13H18N2O3. The summed E-state index contributed by atoms with van der Waals surface area (Å²) in [6.07, 6.45) is 3.94. The number of hydrogen-bond donors (Lipinski definition) is 2. The minimum atomic E-state index is -0.912. The first kappa shape index (κ1) is 14.2. The van der Waals surface area contributed by atoms with Crippen molar-refractivity contribution in [2.24, 2.45) is 5.41 Å². The van der Waals surface area contributed by atoms with E-state index in [2.05, 4.69) is 10.3 Å². The maximum absolute atomic E-state index is 11.7. The number of carbonyl (C=O) groups is 2. The number of pyridine rings is 1. The SMILES string of the molecule is CCC(C)(CNC(=O)Cc1cccnc1)C(=O)O. The van der Waals surface area contributed by atoms with Crippen LogP contribution in [0.2, 0.25) is 0 Å². The van der Waals surface area contributed by atoms with Crippen molar-refractivity contribution in [2.45, 2.75) is 26.7 Å². The molecule has 0 aliphatic rings. The van der Waals surface area contributed by atoms with Gasteiger partial charge < -0.3 is 10.4 Å². The van der Waals surface area contributed by atoms with Crippen LogP contribution in [-0.4, -0.2) is 28.5 Å². The summed E-state index contributed by atoms with van der Waals surface area (Å²) in [7, 11) is 0. The van der Waals surface area contributed by atoms with E-state index in [0.29, 0.717) is 6.42 Å². The van der Waals surface area contributed by atoms with Crippen molar-refractivity contribution < 1.29 is 14.7 Å². The molecule has 5 nitrogen and oxygen atoms in total. The van der Waals surface area contributed by atoms with Crippen molar-refractivity contribution in [1.29, 1.82) is 0 Å². The number of nitrogens with zero attached hydrogens (tertiary/aromatic N) is 1. The molecule has 0 saturated heterocycles. The monoisotopic (exact) mass is 250 g/mol. The number of aliphatic carboxylic acids is 1. The van der Waals surface area contributed by atoms with Gasteiger partial charge in [-0.3, -0.25) is 14.6 Å². The van der Waals surface area contributed by atoms with E-state index in [-0.39, 0.29) is 18.9 Å². The molecule has 0 aliphatic heterocycles. The lowest BCUT2D eigenvalue weighted by Gasteiger charge is -2.23. The number of rotatable bonds is 6. The third kappa shape index (κ3) is 3.84. The van der Waals surface area contributed by atoms with Crippen molar-refractivity contribution in [3.05, 3.63) is 30.1 Å². The second-order valence-electron chi connectivity index (χ2n) is 4.53. The van der Waals surface area contributed by atoms with Gasteiger partial charge in [0.25, 0.3) is 0 Å². The normalized spacial score (nSPS) is 13.7. The van der Waals surface area contributed by atoms with Crippen LogP contribution in [0.5, 0.6) is 0 Å². The van der Waals surface area contributed by atoms with E-state index in [4.69, 9.17) is 5.11 Å². The maximum Gasteiger partial charge on any atom is 0.311 e. The fraction of sp³-hybridized carbons (Fsp3) is 0.462. The van der Waals surface area contributed by atoms with Crippen LogP contribution in [-0.2, 0) is 16.0 Å². The van der Waals surface area contributed by atoms with Crippen molar-refractivity contribution >= 4 is 11.9 Å². The quantitative estimate of drug-likeness (QED) is 0.796. The Morgan fingerprint density at radius 3 is 2.72 bits per heavy atom. The Kier molecular flexibility index (Phi) is 4.83. The zero-order chi connectivity index (χ0) is 13.6. The van der Waals surface area contributed by atoms with E-state index in [9.17, 15) is 9.59 Å². The number of nitrogens with one attached hydrogen (secondary N) is 1. The van der Waals surface area contributed by atoms with Gasteiger partial charge in [-0.1, -0.05) is 13.0 Å². The van der Waals surface area contributed by atoms with E-state index >= 15 is 0 Å². The largest absolute Gasteiger partial charge is 0.481 e. The number of amides is 1. The molecule has 1 rings (SSSR count). The first-order valence-electron chi connectivity index (χ1n) is 5.87. The zero-order valence-electron chi connectivity index (χ0n) is 10.6. The number of carboxylic acid groups (broad SMARTS) is 1. The summed E-state index contributed by atoms with van der Waals surface area (Å²) < 4.78 is 0. The molecule has 98 valence electrons. The molecule has 0 aliphatic carbocycles. The van der Waals surface area contributed by atoms with Crippen LogP contribution in [0.25, 0.3) is 0 Å². The smallest absolute Gasteiger partial charge is 0.311 e. The van der Waals surface area contributed by atoms with Gasteiger partial charge in [-0.15, -0.1) is 0 Å². The molecule has 0 radical (unpaired) electrons. The van der Waals surface area contributed by atoms with Gasteiger partial charge in [0.15, 0.2) is 0 Å². The van der Waals surface area contributed by atoms with Crippen LogP contribution in [0.1, 0.15) is 25.8 Å². The molecule has 5 heteroatoms. The highest BCUT2D eigenvalue weighted by Crippen LogP contribution is 2.19. The summed E-state index contributed by atoms with van der Waals surface area (Å²) in [5.74, 6) is -1.09. The highest BCUT2D eigenvalue weighted by molar-refractivity contribution is 5.80. The number of carbonyl (C=O) groups excluding carboxylic acids is 1. The Balaban J connectivity index is 2.49. The molecule has 2 N–H and O–H groups in total. The average Bonchev–Trinajstić information content (AvgIpc) is 2.37. The summed E-state index contributed by atoms with van der Waals surface area (Å²) in [5, 5.41) is 11.7. The first-order valence-corrected chi connectivity index (χ1v) is 5.87. The highest BCUT2D eigenvalue weighted by atomic mass is 16.4. The molecule has 0 aromatic carbocycles. The molecule has 0 bridgehead atoms. The molecule has 0 fully saturated rings. The van der Waals surface area contributed by atoms with E-state index in [1.54, 1.807) is 32.3 Å². The van der Waals surface area contributed by atoms with Crippen LogP contribution in [0, 0.1) is 5.41 Å². The van der Waals surface area contributed by atoms with Crippen LogP contribution in [0.4, 0.5) is 0 Å². The lowest BCUT2D eigenvalue weighted by atomic mass is 9.87. The Morgan fingerprint density at radius 1 is 1.50 bits per heavy atom. The van der Waals surface area contributed by atoms with E-state index in [0.717, 1.165) is 5.56 Å². The van der Waals surface area contributed by atoms with Crippen LogP contribution in [0.15, 0.2) is 24.5 Å². The molecular weight excluding hydrogens is 232 g/mol. The number of aromatic nitrogens is 1. The topological polar surface area (TPSA) is 79.3 Å². The molecule has 1 aromatic heterocycles. The third-order valence-corrected chi connectivity index (χ3v) is 3.06. The third-order valence-electron chi connectivity index (χ3n) is 3.06. The van der Waals surface area contributed by atoms with Crippen LogP contribution < -0.4 is 5.32 Å². The van der Waals surface area contributed by atoms with E-state index in [1.165, 1.54) is 0 Å². The molecule has 1 atom stereocenters. The molecule has 0 saturated carbocycles. The van der Waals surface area contributed by atoms with Crippen molar-refractivity contribution in [1.82, 2.24) is 10.3 Å². The molecule has 1 heterocycles. The average molecular weight is 250 g/mol. The second-order valence-corrected chi connectivity index (χ2v) is 4.53. The molecule has 1 aromatic rings. The summed E-state index contributed by atoms with van der Waals surface area (Å²) in [6, 6.07) is 3.57. The highest BCUT2D eigenvalue weighted by Gasteiger charge is 2.31. The summed E-state index contributed by atoms with van der Waals surface area (Å²) in [5.41, 5.74) is -0.103. The molecule has 1 unspecified atom stereocenters. The van der Waals surface area contributed by atoms with E-state index in [1.807, 2.05) is 6.07 Å². The molecule has 0 spiro atoms. The molecule has 1 amide bonds. The fourth-order valence-corrected chi connectivity index (χ4v) is 1.40. The Morgan fingerprint density at radius 2 is 2.22 bits per heavy atom. The summed E-state index contributed by atoms with van der Waals surface area (Å²) in [4.78, 5) is 26.6. The van der Waals surface area contributed by atoms with Crippen LogP contribution >= 0.6 is 0 Å². The Bertz CT molecular complexity index is 420. The van der Waals surface area contributed by atoms with Crippen molar-refractivity contribution in [2.75, 3.05) is 6.54 Å². The first-order chi connectivity index (χ1) is 8.48. The number of carboxylic acids is 1. The van der Waals surface area contributed by atoms with Gasteiger partial charge in [0.1, 0.15) is 0 Å². The maximum atomic E-state index is 11.7. The Labute approximate surface area is 106 Å². The lowest BCUT2D eigenvalue weighted by molar-refractivity contribution is -0.148. The van der Waals surface area contributed by atoms with Gasteiger partial charge in [-0.25, -0.2) is 0 Å². The standard InChI is InChI=1S/C13H18N2O3/c1-3-13(2,12(17)18)9-15-11(16)7-10-5-4-6-14-8-10/h4-6,8H,3,7,9H2,1-2H3,(H,15,16)(H,17,18). The predicted molar refractivity (Wildman–Crippen MR) is 67.0 cm³/mol. The second kappa shape index (κ2) is 6.14. The van der Waals surface area contributed by atoms with Crippen molar-refractivity contribution in [3.8, 4) is 0 Å². The van der Waals surface area contributed by atoms with Gasteiger partial charge in [-0.2, -0.15) is 0 Å². The van der Waals surface area contributed by atoms with Gasteiger partial charge >= 0.3 is 5.97 Å². The van der Waals surface area contributed by atoms with Gasteiger partial charge in [0.05, 0.1) is 11.8 Å². The predicted octanol–water partition coefficient (Wildman–Crippen LogP) is 1.24. The van der Waals surface area contributed by atoms with E-state index < -0.39 is 11.4 Å².